The van der Waals surface area contributed by atoms with Gasteiger partial charge in [0.2, 0.25) is 0 Å². The maximum absolute atomic E-state index is 12.6. The van der Waals surface area contributed by atoms with E-state index < -0.39 is 6.10 Å². The Bertz CT molecular complexity index is 507. The van der Waals surface area contributed by atoms with Gasteiger partial charge in [0.25, 0.3) is 5.91 Å². The second-order valence-electron chi connectivity index (χ2n) is 5.49. The highest BCUT2D eigenvalue weighted by Crippen LogP contribution is 2.25. The molecule has 2 unspecified atom stereocenters. The number of nitrogens with zero attached hydrogens (tertiary/aromatic N) is 2. The first-order valence-corrected chi connectivity index (χ1v) is 6.95. The van der Waals surface area contributed by atoms with Gasteiger partial charge in [0, 0.05) is 29.8 Å². The summed E-state index contributed by atoms with van der Waals surface area (Å²) < 4.78 is 0. The van der Waals surface area contributed by atoms with Gasteiger partial charge in [-0.15, -0.1) is 0 Å². The molecule has 2 rings (SSSR count). The lowest BCUT2D eigenvalue weighted by Crippen LogP contribution is -2.41. The molecule has 0 saturated carbocycles. The molecule has 0 radical (unpaired) electrons. The Balaban J connectivity index is 2.22. The van der Waals surface area contributed by atoms with Crippen molar-refractivity contribution in [1.82, 2.24) is 9.80 Å². The van der Waals surface area contributed by atoms with E-state index in [1.807, 2.05) is 19.0 Å². The van der Waals surface area contributed by atoms with Crippen molar-refractivity contribution in [2.24, 2.45) is 0 Å². The van der Waals surface area contributed by atoms with Gasteiger partial charge in [-0.25, -0.2) is 0 Å². The van der Waals surface area contributed by atoms with Crippen molar-refractivity contribution in [1.29, 1.82) is 0 Å². The second-order valence-corrected chi connectivity index (χ2v) is 5.93. The van der Waals surface area contributed by atoms with Gasteiger partial charge >= 0.3 is 0 Å². The van der Waals surface area contributed by atoms with Gasteiger partial charge in [0.05, 0.1) is 11.7 Å². The number of halogens is 1. The van der Waals surface area contributed by atoms with Crippen molar-refractivity contribution in [3.63, 3.8) is 0 Å². The largest absolute Gasteiger partial charge is 0.398 e. The number of carbonyl (C=O) groups is 1. The van der Waals surface area contributed by atoms with Gasteiger partial charge in [-0.2, -0.15) is 0 Å². The molecule has 0 spiro atoms. The number of aliphatic hydroxyl groups excluding tert-OH is 1. The number of nitrogens with two attached hydrogens (primary N) is 1. The standard InChI is InChI=1S/C14H20ClN3O2/c1-17(2)7-10-6-11(19)8-18(10)14(20)12-4-3-9(15)5-13(12)16/h3-5,10-11,19H,6-8,16H2,1-2H3. The molecule has 1 aromatic rings. The van der Waals surface area contributed by atoms with Gasteiger partial charge in [-0.3, -0.25) is 4.79 Å². The van der Waals surface area contributed by atoms with Crippen molar-refractivity contribution in [2.45, 2.75) is 18.6 Å². The lowest BCUT2D eigenvalue weighted by atomic mass is 10.1. The van der Waals surface area contributed by atoms with Gasteiger partial charge < -0.3 is 20.6 Å². The molecule has 3 N–H and O–H groups in total. The number of likely N-dealkylation sites (N-methyl/N-ethyl adjacent to an activating group) is 1. The minimum absolute atomic E-state index is 0.00239. The first-order valence-electron chi connectivity index (χ1n) is 6.57. The number of aliphatic hydroxyl groups is 1. The molecule has 2 atom stereocenters. The normalized spacial score (nSPS) is 22.6. The van der Waals surface area contributed by atoms with Crippen LogP contribution in [0.4, 0.5) is 5.69 Å². The number of anilines is 1. The third-order valence-electron chi connectivity index (χ3n) is 3.47. The number of amides is 1. The third-order valence-corrected chi connectivity index (χ3v) is 3.71. The zero-order valence-electron chi connectivity index (χ0n) is 11.7. The highest BCUT2D eigenvalue weighted by molar-refractivity contribution is 6.31. The summed E-state index contributed by atoms with van der Waals surface area (Å²) in [7, 11) is 3.90. The van der Waals surface area contributed by atoms with Crippen LogP contribution in [0.5, 0.6) is 0 Å². The molecular formula is C14H20ClN3O2. The molecule has 1 aliphatic heterocycles. The highest BCUT2D eigenvalue weighted by atomic mass is 35.5. The summed E-state index contributed by atoms with van der Waals surface area (Å²) in [5.41, 5.74) is 6.67. The molecule has 1 aromatic carbocycles. The van der Waals surface area contributed by atoms with Crippen LogP contribution in [-0.2, 0) is 0 Å². The number of nitrogen functional groups attached to an aromatic ring is 1. The molecule has 0 aliphatic carbocycles. The Morgan fingerprint density at radius 2 is 2.25 bits per heavy atom. The van der Waals surface area contributed by atoms with Crippen molar-refractivity contribution in [3.05, 3.63) is 28.8 Å². The summed E-state index contributed by atoms with van der Waals surface area (Å²) in [5.74, 6) is -0.150. The molecular weight excluding hydrogens is 278 g/mol. The summed E-state index contributed by atoms with van der Waals surface area (Å²) in [6.07, 6.45) is 0.120. The topological polar surface area (TPSA) is 69.8 Å². The highest BCUT2D eigenvalue weighted by Gasteiger charge is 2.35. The van der Waals surface area contributed by atoms with Crippen LogP contribution in [0.1, 0.15) is 16.8 Å². The molecule has 1 saturated heterocycles. The Morgan fingerprint density at radius 1 is 1.55 bits per heavy atom. The second kappa shape index (κ2) is 5.99. The van der Waals surface area contributed by atoms with Gasteiger partial charge in [0.15, 0.2) is 0 Å². The number of β-amino-alcohol motifs (C(OH)–C–C–N with tert-alkyl or cyclic N) is 1. The third kappa shape index (κ3) is 3.23. The van der Waals surface area contributed by atoms with Gasteiger partial charge in [-0.05, 0) is 38.7 Å². The SMILES string of the molecule is CN(C)CC1CC(O)CN1C(=O)c1ccc(Cl)cc1N. The average molecular weight is 298 g/mol. The molecule has 0 aromatic heterocycles. The van der Waals surface area contributed by atoms with Crippen LogP contribution in [0, 0.1) is 0 Å². The minimum atomic E-state index is -0.475. The van der Waals surface area contributed by atoms with E-state index in [0.29, 0.717) is 29.2 Å². The average Bonchev–Trinajstić information content (AvgIpc) is 2.68. The Hall–Kier alpha value is -1.30. The molecule has 5 nitrogen and oxygen atoms in total. The van der Waals surface area contributed by atoms with E-state index in [1.165, 1.54) is 0 Å². The molecule has 20 heavy (non-hydrogen) atoms. The van der Waals surface area contributed by atoms with E-state index in [9.17, 15) is 9.90 Å². The lowest BCUT2D eigenvalue weighted by molar-refractivity contribution is 0.0700. The minimum Gasteiger partial charge on any atom is -0.398 e. The van der Waals surface area contributed by atoms with Crippen LogP contribution in [0.2, 0.25) is 5.02 Å². The summed E-state index contributed by atoms with van der Waals surface area (Å²) in [6, 6.07) is 4.86. The Kier molecular flexibility index (Phi) is 4.52. The summed E-state index contributed by atoms with van der Waals surface area (Å²) in [6.45, 7) is 1.07. The molecule has 1 fully saturated rings. The van der Waals surface area contributed by atoms with E-state index in [0.717, 1.165) is 6.54 Å². The quantitative estimate of drug-likeness (QED) is 0.819. The Labute approximate surface area is 123 Å². The Morgan fingerprint density at radius 3 is 2.85 bits per heavy atom. The van der Waals surface area contributed by atoms with E-state index >= 15 is 0 Å². The predicted octanol–water partition coefficient (Wildman–Crippen LogP) is 1.06. The number of carbonyl (C=O) groups excluding carboxylic acids is 1. The zero-order valence-corrected chi connectivity index (χ0v) is 12.5. The molecule has 6 heteroatoms. The van der Waals surface area contributed by atoms with E-state index in [4.69, 9.17) is 17.3 Å². The van der Waals surface area contributed by atoms with Gasteiger partial charge in [-0.1, -0.05) is 11.6 Å². The molecule has 1 heterocycles. The monoisotopic (exact) mass is 297 g/mol. The van der Waals surface area contributed by atoms with Crippen LogP contribution in [0.25, 0.3) is 0 Å². The van der Waals surface area contributed by atoms with Crippen LogP contribution in [-0.4, -0.2) is 60.1 Å². The molecule has 0 bridgehead atoms. The van der Waals surface area contributed by atoms with E-state index in [2.05, 4.69) is 0 Å². The van der Waals surface area contributed by atoms with Crippen LogP contribution in [0.3, 0.4) is 0 Å². The van der Waals surface area contributed by atoms with Crippen LogP contribution < -0.4 is 5.73 Å². The zero-order chi connectivity index (χ0) is 14.9. The van der Waals surface area contributed by atoms with E-state index in [1.54, 1.807) is 23.1 Å². The maximum atomic E-state index is 12.6. The summed E-state index contributed by atoms with van der Waals surface area (Å²) in [5, 5.41) is 10.3. The van der Waals surface area contributed by atoms with Crippen molar-refractivity contribution in [2.75, 3.05) is 32.9 Å². The van der Waals surface area contributed by atoms with Crippen molar-refractivity contribution < 1.29 is 9.90 Å². The number of benzene rings is 1. The first-order chi connectivity index (χ1) is 9.38. The molecule has 110 valence electrons. The first kappa shape index (κ1) is 15.1. The number of hydrogen-bond donors (Lipinski definition) is 2. The fourth-order valence-corrected chi connectivity index (χ4v) is 2.80. The van der Waals surface area contributed by atoms with Gasteiger partial charge in [0.1, 0.15) is 0 Å². The van der Waals surface area contributed by atoms with Crippen LogP contribution >= 0.6 is 11.6 Å². The fraction of sp³-hybridized carbons (Fsp3) is 0.500. The fourth-order valence-electron chi connectivity index (χ4n) is 2.62. The van der Waals surface area contributed by atoms with Crippen molar-refractivity contribution in [3.8, 4) is 0 Å². The predicted molar refractivity (Wildman–Crippen MR) is 79.9 cm³/mol. The van der Waals surface area contributed by atoms with E-state index in [-0.39, 0.29) is 11.9 Å². The maximum Gasteiger partial charge on any atom is 0.256 e. The lowest BCUT2D eigenvalue weighted by Gasteiger charge is -2.27. The number of rotatable bonds is 3. The number of hydrogen-bond acceptors (Lipinski definition) is 4. The van der Waals surface area contributed by atoms with Crippen molar-refractivity contribution >= 4 is 23.2 Å². The summed E-state index contributed by atoms with van der Waals surface area (Å²) in [4.78, 5) is 16.3. The summed E-state index contributed by atoms with van der Waals surface area (Å²) >= 11 is 5.85. The van der Waals surface area contributed by atoms with Crippen LogP contribution in [0.15, 0.2) is 18.2 Å². The number of likely N-dealkylation sites (tertiary alicyclic amines) is 1. The smallest absolute Gasteiger partial charge is 0.256 e. The molecule has 1 amide bonds. The molecule has 1 aliphatic rings.